The number of nitrogens with zero attached hydrogens (tertiary/aromatic N) is 1. The molecule has 2 aromatic rings. The van der Waals surface area contributed by atoms with E-state index in [1.165, 1.54) is 24.3 Å². The third kappa shape index (κ3) is 3.78. The summed E-state index contributed by atoms with van der Waals surface area (Å²) in [4.78, 5) is 5.41. The predicted molar refractivity (Wildman–Crippen MR) is 73.5 cm³/mol. The van der Waals surface area contributed by atoms with E-state index in [9.17, 15) is 13.2 Å². The first-order chi connectivity index (χ1) is 10.9. The Morgan fingerprint density at radius 1 is 1.17 bits per heavy atom. The monoisotopic (exact) mass is 326 g/mol. The van der Waals surface area contributed by atoms with Gasteiger partial charge in [0.25, 0.3) is 0 Å². The van der Waals surface area contributed by atoms with Crippen molar-refractivity contribution in [3.8, 4) is 5.75 Å². The first-order valence-corrected chi connectivity index (χ1v) is 6.71. The maximum Gasteiger partial charge on any atom is 0.573 e. The van der Waals surface area contributed by atoms with Crippen molar-refractivity contribution in [1.82, 2.24) is 5.06 Å². The molecular formula is C15H13F3N2O3. The van der Waals surface area contributed by atoms with E-state index in [1.54, 1.807) is 29.5 Å². The smallest absolute Gasteiger partial charge is 0.467 e. The molecule has 0 aliphatic carbocycles. The van der Waals surface area contributed by atoms with Crippen molar-refractivity contribution in [2.75, 3.05) is 0 Å². The first-order valence-electron chi connectivity index (χ1n) is 6.71. The summed E-state index contributed by atoms with van der Waals surface area (Å²) in [5.41, 5.74) is 6.41. The van der Waals surface area contributed by atoms with Gasteiger partial charge in [-0.05, 0) is 29.8 Å². The van der Waals surface area contributed by atoms with Crippen LogP contribution in [0.4, 0.5) is 13.2 Å². The SMILES string of the molecule is NC1=CC(c2ccco2)N(Cc2ccc(OC(F)(F)F)cc2)O1. The number of benzene rings is 1. The Morgan fingerprint density at radius 2 is 1.91 bits per heavy atom. The normalized spacial score (nSPS) is 18.6. The summed E-state index contributed by atoms with van der Waals surface area (Å²) < 4.78 is 45.6. The third-order valence-electron chi connectivity index (χ3n) is 3.19. The lowest BCUT2D eigenvalue weighted by molar-refractivity contribution is -0.274. The summed E-state index contributed by atoms with van der Waals surface area (Å²) in [5, 5.41) is 1.58. The molecule has 1 atom stereocenters. The fourth-order valence-corrected chi connectivity index (χ4v) is 2.25. The van der Waals surface area contributed by atoms with Crippen molar-refractivity contribution < 1.29 is 27.2 Å². The molecule has 0 bridgehead atoms. The summed E-state index contributed by atoms with van der Waals surface area (Å²) in [6, 6.07) is 8.79. The van der Waals surface area contributed by atoms with Crippen LogP contribution in [0.1, 0.15) is 17.4 Å². The lowest BCUT2D eigenvalue weighted by atomic mass is 10.1. The van der Waals surface area contributed by atoms with E-state index in [0.29, 0.717) is 12.3 Å². The molecule has 1 aromatic heterocycles. The van der Waals surface area contributed by atoms with E-state index in [1.807, 2.05) is 0 Å². The zero-order valence-corrected chi connectivity index (χ0v) is 11.8. The molecule has 0 spiro atoms. The summed E-state index contributed by atoms with van der Waals surface area (Å²) in [6.07, 6.45) is -1.47. The van der Waals surface area contributed by atoms with Crippen LogP contribution in [0.5, 0.6) is 5.75 Å². The molecule has 2 N–H and O–H groups in total. The average molecular weight is 326 g/mol. The van der Waals surface area contributed by atoms with E-state index in [0.717, 1.165) is 5.56 Å². The van der Waals surface area contributed by atoms with E-state index >= 15 is 0 Å². The fourth-order valence-electron chi connectivity index (χ4n) is 2.25. The second-order valence-electron chi connectivity index (χ2n) is 4.89. The van der Waals surface area contributed by atoms with Crippen LogP contribution in [0.2, 0.25) is 0 Å². The van der Waals surface area contributed by atoms with Crippen LogP contribution in [-0.2, 0) is 11.4 Å². The Balaban J connectivity index is 1.69. The molecule has 3 rings (SSSR count). The molecule has 0 saturated carbocycles. The molecule has 0 fully saturated rings. The Labute approximate surface area is 129 Å². The van der Waals surface area contributed by atoms with Gasteiger partial charge in [-0.25, -0.2) is 0 Å². The van der Waals surface area contributed by atoms with Gasteiger partial charge in [0, 0.05) is 6.08 Å². The zero-order chi connectivity index (χ0) is 16.4. The van der Waals surface area contributed by atoms with Crippen LogP contribution in [0, 0.1) is 0 Å². The highest BCUT2D eigenvalue weighted by molar-refractivity contribution is 5.28. The van der Waals surface area contributed by atoms with Crippen LogP contribution in [0.15, 0.2) is 59.0 Å². The third-order valence-corrected chi connectivity index (χ3v) is 3.19. The van der Waals surface area contributed by atoms with Gasteiger partial charge < -0.3 is 19.7 Å². The van der Waals surface area contributed by atoms with Crippen molar-refractivity contribution in [1.29, 1.82) is 0 Å². The minimum atomic E-state index is -4.71. The number of ether oxygens (including phenoxy) is 1. The average Bonchev–Trinajstić information content (AvgIpc) is 3.09. The number of alkyl halides is 3. The molecule has 0 amide bonds. The number of hydroxylamine groups is 2. The Bertz CT molecular complexity index is 681. The highest BCUT2D eigenvalue weighted by Gasteiger charge is 2.31. The minimum Gasteiger partial charge on any atom is -0.467 e. The van der Waals surface area contributed by atoms with Crippen LogP contribution in [0.3, 0.4) is 0 Å². The summed E-state index contributed by atoms with van der Waals surface area (Å²) in [5.74, 6) is 0.620. The van der Waals surface area contributed by atoms with Gasteiger partial charge in [0.15, 0.2) is 0 Å². The Morgan fingerprint density at radius 3 is 2.52 bits per heavy atom. The molecule has 8 heteroatoms. The van der Waals surface area contributed by atoms with Crippen LogP contribution in [-0.4, -0.2) is 11.4 Å². The Kier molecular flexibility index (Phi) is 3.91. The highest BCUT2D eigenvalue weighted by atomic mass is 19.4. The van der Waals surface area contributed by atoms with Gasteiger partial charge in [-0.1, -0.05) is 12.1 Å². The van der Waals surface area contributed by atoms with Gasteiger partial charge in [-0.3, -0.25) is 0 Å². The Hall–Kier alpha value is -2.61. The molecule has 1 unspecified atom stereocenters. The van der Waals surface area contributed by atoms with Crippen LogP contribution >= 0.6 is 0 Å². The predicted octanol–water partition coefficient (Wildman–Crippen LogP) is 3.47. The molecule has 2 heterocycles. The van der Waals surface area contributed by atoms with Crippen molar-refractivity contribution >= 4 is 0 Å². The van der Waals surface area contributed by atoms with E-state index in [-0.39, 0.29) is 17.7 Å². The maximum atomic E-state index is 12.1. The van der Waals surface area contributed by atoms with Gasteiger partial charge in [-0.2, -0.15) is 0 Å². The van der Waals surface area contributed by atoms with Gasteiger partial charge in [0.1, 0.15) is 17.6 Å². The molecule has 0 saturated heterocycles. The fraction of sp³-hybridized carbons (Fsp3) is 0.200. The first kappa shape index (κ1) is 15.3. The van der Waals surface area contributed by atoms with Crippen molar-refractivity contribution in [2.24, 2.45) is 5.73 Å². The molecule has 1 aliphatic heterocycles. The van der Waals surface area contributed by atoms with Gasteiger partial charge in [-0.15, -0.1) is 18.2 Å². The number of nitrogens with two attached hydrogens (primary N) is 1. The number of hydrogen-bond acceptors (Lipinski definition) is 5. The van der Waals surface area contributed by atoms with E-state index in [2.05, 4.69) is 4.74 Å². The van der Waals surface area contributed by atoms with Crippen molar-refractivity contribution in [2.45, 2.75) is 18.9 Å². The lowest BCUT2D eigenvalue weighted by Gasteiger charge is -2.21. The molecule has 0 radical (unpaired) electrons. The highest BCUT2D eigenvalue weighted by Crippen LogP contribution is 2.31. The number of furan rings is 1. The topological polar surface area (TPSA) is 60.9 Å². The van der Waals surface area contributed by atoms with E-state index < -0.39 is 6.36 Å². The van der Waals surface area contributed by atoms with Crippen LogP contribution in [0.25, 0.3) is 0 Å². The zero-order valence-electron chi connectivity index (χ0n) is 11.8. The number of halogens is 3. The maximum absolute atomic E-state index is 12.1. The van der Waals surface area contributed by atoms with Crippen molar-refractivity contribution in [3.05, 3.63) is 65.9 Å². The molecular weight excluding hydrogens is 313 g/mol. The molecule has 5 nitrogen and oxygen atoms in total. The van der Waals surface area contributed by atoms with Gasteiger partial charge >= 0.3 is 6.36 Å². The van der Waals surface area contributed by atoms with Crippen molar-refractivity contribution in [3.63, 3.8) is 0 Å². The number of rotatable bonds is 4. The van der Waals surface area contributed by atoms with Gasteiger partial charge in [0.05, 0.1) is 12.8 Å². The largest absolute Gasteiger partial charge is 0.573 e. The van der Waals surface area contributed by atoms with Gasteiger partial charge in [0.2, 0.25) is 5.88 Å². The van der Waals surface area contributed by atoms with Crippen LogP contribution < -0.4 is 10.5 Å². The molecule has 1 aromatic carbocycles. The summed E-state index contributed by atoms with van der Waals surface area (Å²) in [7, 11) is 0. The molecule has 122 valence electrons. The molecule has 23 heavy (non-hydrogen) atoms. The number of hydrogen-bond donors (Lipinski definition) is 1. The summed E-state index contributed by atoms with van der Waals surface area (Å²) >= 11 is 0. The second-order valence-corrected chi connectivity index (χ2v) is 4.89. The minimum absolute atomic E-state index is 0.239. The quantitative estimate of drug-likeness (QED) is 0.932. The molecule has 1 aliphatic rings. The standard InChI is InChI=1S/C15H13F3N2O3/c16-15(17,18)22-11-5-3-10(4-6-11)9-20-12(8-14(19)23-20)13-2-1-7-21-13/h1-8,12H,9,19H2. The lowest BCUT2D eigenvalue weighted by Crippen LogP contribution is -2.23. The van der Waals surface area contributed by atoms with E-state index in [4.69, 9.17) is 15.0 Å². The second kappa shape index (κ2) is 5.88. The summed E-state index contributed by atoms with van der Waals surface area (Å²) in [6.45, 7) is 0.314.